The fourth-order valence-electron chi connectivity index (χ4n) is 2.92. The highest BCUT2D eigenvalue weighted by molar-refractivity contribution is 5.82. The second-order valence-corrected chi connectivity index (χ2v) is 5.94. The summed E-state index contributed by atoms with van der Waals surface area (Å²) in [5.41, 5.74) is 9.08. The van der Waals surface area contributed by atoms with E-state index in [9.17, 15) is 0 Å². The van der Waals surface area contributed by atoms with Crippen molar-refractivity contribution in [2.45, 2.75) is 48.5 Å². The lowest BCUT2D eigenvalue weighted by molar-refractivity contribution is 1.39. The standard InChI is InChI=1S/C23H26.C2H6/c1-6-10-17(3)21(11-7-2)20-15-14-19(5)23(16-20)22-13-9-8-12-18(22)4;1-2/h6-16H,1-5H3;1-2H3/b10-6-,11-7-,21-17+;. The highest BCUT2D eigenvalue weighted by atomic mass is 14.1. The minimum atomic E-state index is 1.27. The molecule has 0 bridgehead atoms. The van der Waals surface area contributed by atoms with Crippen molar-refractivity contribution >= 4 is 5.57 Å². The van der Waals surface area contributed by atoms with Crippen molar-refractivity contribution in [3.63, 3.8) is 0 Å². The van der Waals surface area contributed by atoms with Gasteiger partial charge in [0.25, 0.3) is 0 Å². The van der Waals surface area contributed by atoms with E-state index in [4.69, 9.17) is 0 Å². The maximum Gasteiger partial charge on any atom is -0.0146 e. The van der Waals surface area contributed by atoms with Crippen LogP contribution >= 0.6 is 0 Å². The maximum atomic E-state index is 2.32. The molecule has 0 aliphatic rings. The van der Waals surface area contributed by atoms with Crippen molar-refractivity contribution in [2.75, 3.05) is 0 Å². The third-order valence-corrected chi connectivity index (χ3v) is 4.16. The molecule has 2 aromatic rings. The summed E-state index contributed by atoms with van der Waals surface area (Å²) < 4.78 is 0. The highest BCUT2D eigenvalue weighted by Gasteiger charge is 2.08. The van der Waals surface area contributed by atoms with Crippen LogP contribution in [0, 0.1) is 13.8 Å². The molecule has 0 heterocycles. The third-order valence-electron chi connectivity index (χ3n) is 4.16. The van der Waals surface area contributed by atoms with Crippen LogP contribution in [0.2, 0.25) is 0 Å². The summed E-state index contributed by atoms with van der Waals surface area (Å²) in [4.78, 5) is 0. The summed E-state index contributed by atoms with van der Waals surface area (Å²) in [7, 11) is 0. The summed E-state index contributed by atoms with van der Waals surface area (Å²) in [5, 5.41) is 0. The lowest BCUT2D eigenvalue weighted by Gasteiger charge is -2.13. The van der Waals surface area contributed by atoms with Crippen molar-refractivity contribution in [1.29, 1.82) is 0 Å². The second-order valence-electron chi connectivity index (χ2n) is 5.94. The highest BCUT2D eigenvalue weighted by Crippen LogP contribution is 2.31. The predicted molar refractivity (Wildman–Crippen MR) is 115 cm³/mol. The summed E-state index contributed by atoms with van der Waals surface area (Å²) >= 11 is 0. The van der Waals surface area contributed by atoms with E-state index in [1.54, 1.807) is 0 Å². The summed E-state index contributed by atoms with van der Waals surface area (Å²) in [6.45, 7) is 14.7. The molecular formula is C25H32. The van der Waals surface area contributed by atoms with Crippen LogP contribution in [0.4, 0.5) is 0 Å². The molecule has 0 fully saturated rings. The minimum Gasteiger partial charge on any atom is -0.0874 e. The smallest absolute Gasteiger partial charge is 0.0146 e. The van der Waals surface area contributed by atoms with E-state index in [2.05, 4.69) is 101 Å². The molecule has 0 nitrogen and oxygen atoms in total. The van der Waals surface area contributed by atoms with Gasteiger partial charge in [-0.05, 0) is 79.6 Å². The zero-order chi connectivity index (χ0) is 18.8. The maximum absolute atomic E-state index is 2.32. The van der Waals surface area contributed by atoms with Crippen molar-refractivity contribution in [3.8, 4) is 11.1 Å². The zero-order valence-corrected chi connectivity index (χ0v) is 16.9. The molecule has 0 unspecified atom stereocenters. The molecule has 0 amide bonds. The first-order chi connectivity index (χ1) is 12.1. The molecule has 2 aromatic carbocycles. The number of hydrogen-bond acceptors (Lipinski definition) is 0. The van der Waals surface area contributed by atoms with Gasteiger partial charge < -0.3 is 0 Å². The van der Waals surface area contributed by atoms with Crippen molar-refractivity contribution in [1.82, 2.24) is 0 Å². The van der Waals surface area contributed by atoms with Gasteiger partial charge in [0.2, 0.25) is 0 Å². The summed E-state index contributed by atoms with van der Waals surface area (Å²) in [5.74, 6) is 0. The van der Waals surface area contributed by atoms with E-state index in [1.165, 1.54) is 39.0 Å². The Morgan fingerprint density at radius 1 is 0.760 bits per heavy atom. The SMILES string of the molecule is CC.C\C=C/C(C)=C(\C=C/C)c1ccc(C)c(-c2ccccc2C)c1. The molecule has 2 rings (SSSR count). The zero-order valence-electron chi connectivity index (χ0n) is 16.9. The topological polar surface area (TPSA) is 0 Å². The molecule has 0 aliphatic carbocycles. The van der Waals surface area contributed by atoms with Crippen molar-refractivity contribution < 1.29 is 0 Å². The van der Waals surface area contributed by atoms with Gasteiger partial charge in [-0.2, -0.15) is 0 Å². The summed E-state index contributed by atoms with van der Waals surface area (Å²) in [6.07, 6.45) is 8.56. The first-order valence-electron chi connectivity index (χ1n) is 9.21. The van der Waals surface area contributed by atoms with Gasteiger partial charge in [0.15, 0.2) is 0 Å². The van der Waals surface area contributed by atoms with E-state index >= 15 is 0 Å². The molecule has 0 aromatic heterocycles. The summed E-state index contributed by atoms with van der Waals surface area (Å²) in [6, 6.07) is 15.4. The number of aryl methyl sites for hydroxylation is 2. The molecule has 132 valence electrons. The van der Waals surface area contributed by atoms with Gasteiger partial charge in [-0.15, -0.1) is 0 Å². The van der Waals surface area contributed by atoms with Crippen LogP contribution in [0.15, 0.2) is 72.3 Å². The quantitative estimate of drug-likeness (QED) is 0.499. The van der Waals surface area contributed by atoms with Crippen LogP contribution in [-0.4, -0.2) is 0 Å². The fourth-order valence-corrected chi connectivity index (χ4v) is 2.92. The molecule has 0 saturated carbocycles. The molecule has 0 radical (unpaired) electrons. The largest absolute Gasteiger partial charge is 0.0874 e. The Balaban J connectivity index is 0.00000151. The number of benzene rings is 2. The number of rotatable bonds is 4. The van der Waals surface area contributed by atoms with Gasteiger partial charge in [0.1, 0.15) is 0 Å². The lowest BCUT2D eigenvalue weighted by atomic mass is 9.91. The van der Waals surface area contributed by atoms with E-state index in [0.717, 1.165) is 0 Å². The molecule has 0 N–H and O–H groups in total. The monoisotopic (exact) mass is 332 g/mol. The Hall–Kier alpha value is -2.34. The van der Waals surface area contributed by atoms with Crippen LogP contribution in [0.5, 0.6) is 0 Å². The van der Waals surface area contributed by atoms with Crippen molar-refractivity contribution in [3.05, 3.63) is 89.0 Å². The first-order valence-corrected chi connectivity index (χ1v) is 9.21. The Bertz CT molecular complexity index is 770. The van der Waals surface area contributed by atoms with Gasteiger partial charge in [0, 0.05) is 0 Å². The van der Waals surface area contributed by atoms with Crippen molar-refractivity contribution in [2.24, 2.45) is 0 Å². The number of allylic oxidation sites excluding steroid dienone is 6. The average molecular weight is 333 g/mol. The number of hydrogen-bond donors (Lipinski definition) is 0. The van der Waals surface area contributed by atoms with Crippen LogP contribution in [0.25, 0.3) is 16.7 Å². The average Bonchev–Trinajstić information content (AvgIpc) is 2.63. The predicted octanol–water partition coefficient (Wildman–Crippen LogP) is 7.92. The van der Waals surface area contributed by atoms with Crippen LogP contribution < -0.4 is 0 Å². The van der Waals surface area contributed by atoms with Crippen LogP contribution in [-0.2, 0) is 0 Å². The minimum absolute atomic E-state index is 1.27. The molecular weight excluding hydrogens is 300 g/mol. The third kappa shape index (κ3) is 5.32. The second kappa shape index (κ2) is 10.5. The molecule has 0 spiro atoms. The van der Waals surface area contributed by atoms with Gasteiger partial charge >= 0.3 is 0 Å². The Kier molecular flexibility index (Phi) is 8.70. The normalized spacial score (nSPS) is 12.1. The van der Waals surface area contributed by atoms with Crippen LogP contribution in [0.3, 0.4) is 0 Å². The van der Waals surface area contributed by atoms with E-state index in [1.807, 2.05) is 13.8 Å². The van der Waals surface area contributed by atoms with Gasteiger partial charge in [-0.25, -0.2) is 0 Å². The fraction of sp³-hybridized carbons (Fsp3) is 0.280. The first kappa shape index (κ1) is 20.7. The van der Waals surface area contributed by atoms with E-state index < -0.39 is 0 Å². The molecule has 0 saturated heterocycles. The van der Waals surface area contributed by atoms with E-state index in [0.29, 0.717) is 0 Å². The van der Waals surface area contributed by atoms with E-state index in [-0.39, 0.29) is 0 Å². The molecule has 0 atom stereocenters. The van der Waals surface area contributed by atoms with Gasteiger partial charge in [0.05, 0.1) is 0 Å². The Morgan fingerprint density at radius 2 is 1.36 bits per heavy atom. The lowest BCUT2D eigenvalue weighted by Crippen LogP contribution is -1.91. The Morgan fingerprint density at radius 3 is 1.96 bits per heavy atom. The van der Waals surface area contributed by atoms with Gasteiger partial charge in [-0.3, -0.25) is 0 Å². The molecule has 0 heteroatoms. The van der Waals surface area contributed by atoms with Gasteiger partial charge in [-0.1, -0.05) is 74.5 Å². The van der Waals surface area contributed by atoms with Crippen LogP contribution in [0.1, 0.15) is 51.3 Å². The molecule has 25 heavy (non-hydrogen) atoms. The Labute approximate surface area is 154 Å². The molecule has 0 aliphatic heterocycles.